The van der Waals surface area contributed by atoms with Gasteiger partial charge in [0.25, 0.3) is 0 Å². The molecule has 0 aromatic heterocycles. The molecule has 2 fully saturated rings. The molecule has 0 unspecified atom stereocenters. The van der Waals surface area contributed by atoms with Gasteiger partial charge in [-0.15, -0.1) is 0 Å². The average molecular weight is 587 g/mol. The lowest BCUT2D eigenvalue weighted by molar-refractivity contribution is -0.357. The molecule has 11 N–H and O–H groups in total. The Bertz CT molecular complexity index is 835. The second kappa shape index (κ2) is 15.4. The topological polar surface area (TPSA) is 294 Å². The van der Waals surface area contributed by atoms with Crippen LogP contribution in [0.3, 0.4) is 0 Å². The van der Waals surface area contributed by atoms with Crippen LogP contribution in [0.4, 0.5) is 0 Å². The van der Waals surface area contributed by atoms with Gasteiger partial charge in [0.15, 0.2) is 12.6 Å². The molecule has 232 valence electrons. The summed E-state index contributed by atoms with van der Waals surface area (Å²) in [4.78, 5) is 34.4. The van der Waals surface area contributed by atoms with E-state index in [0.717, 1.165) is 13.8 Å². The largest absolute Gasteiger partial charge is 0.394 e. The Balaban J connectivity index is 2.27. The predicted octanol–water partition coefficient (Wildman–Crippen LogP) is -7.44. The third-order valence-electron chi connectivity index (χ3n) is 6.44. The average Bonchev–Trinajstić information content (AvgIpc) is 2.92. The van der Waals surface area contributed by atoms with Crippen molar-refractivity contribution in [3.05, 3.63) is 0 Å². The van der Waals surface area contributed by atoms with Crippen molar-refractivity contribution in [2.24, 2.45) is 0 Å². The van der Waals surface area contributed by atoms with E-state index in [1.54, 1.807) is 0 Å². The van der Waals surface area contributed by atoms with E-state index in [1.807, 2.05) is 0 Å². The number of aliphatic hydroxyl groups excluding tert-OH is 9. The molecule has 2 aliphatic rings. The monoisotopic (exact) mass is 586 g/mol. The van der Waals surface area contributed by atoms with Crippen molar-refractivity contribution in [2.45, 2.75) is 99.6 Å². The van der Waals surface area contributed by atoms with E-state index >= 15 is 0 Å². The highest BCUT2D eigenvalue weighted by molar-refractivity contribution is 5.77. The molecule has 2 heterocycles. The van der Waals surface area contributed by atoms with Crippen molar-refractivity contribution in [1.29, 1.82) is 0 Å². The van der Waals surface area contributed by atoms with Crippen LogP contribution in [0.25, 0.3) is 0 Å². The van der Waals surface area contributed by atoms with E-state index in [1.165, 1.54) is 0 Å². The number of hydrogen-bond donors (Lipinski definition) is 11. The summed E-state index contributed by atoms with van der Waals surface area (Å²) in [6.45, 7) is -0.515. The minimum absolute atomic E-state index is 0.139. The highest BCUT2D eigenvalue weighted by atomic mass is 16.7. The number of aliphatic hydroxyl groups is 9. The van der Waals surface area contributed by atoms with Crippen LogP contribution in [-0.4, -0.2) is 170 Å². The smallest absolute Gasteiger partial charge is 0.217 e. The lowest BCUT2D eigenvalue weighted by Crippen LogP contribution is -2.68. The lowest BCUT2D eigenvalue weighted by Gasteiger charge is -2.47. The maximum Gasteiger partial charge on any atom is 0.217 e. The van der Waals surface area contributed by atoms with Gasteiger partial charge in [0.2, 0.25) is 11.8 Å². The molecule has 18 heteroatoms. The van der Waals surface area contributed by atoms with Crippen LogP contribution in [0.5, 0.6) is 0 Å². The van der Waals surface area contributed by atoms with Crippen LogP contribution in [0.1, 0.15) is 13.8 Å². The SMILES string of the molecule is CC(=O)N[C@H]1[C@@H](O[C@@H]2[C@H](O)[C@@H](O)[C@H](O[C@@H]([C@H](O)[C@H](C=O)NC(C)=O)[C@H](O)CO)O[C@@H]2CO)O[C@H](CO)[C@H](O)[C@@H]1O. The summed E-state index contributed by atoms with van der Waals surface area (Å²) in [5.41, 5.74) is 0. The molecule has 0 aromatic carbocycles. The molecule has 14 atom stereocenters. The van der Waals surface area contributed by atoms with Crippen molar-refractivity contribution in [2.75, 3.05) is 19.8 Å². The Labute approximate surface area is 228 Å². The fourth-order valence-corrected chi connectivity index (χ4v) is 4.37. The molecule has 2 amide bonds. The molecule has 0 saturated carbocycles. The van der Waals surface area contributed by atoms with Gasteiger partial charge in [-0.3, -0.25) is 9.59 Å². The molecule has 0 aromatic rings. The molecule has 0 spiro atoms. The van der Waals surface area contributed by atoms with Crippen LogP contribution in [0.15, 0.2) is 0 Å². The summed E-state index contributed by atoms with van der Waals surface area (Å²) in [6, 6.07) is -3.05. The van der Waals surface area contributed by atoms with Crippen molar-refractivity contribution < 1.29 is 79.3 Å². The molecule has 2 saturated heterocycles. The number of nitrogens with one attached hydrogen (secondary N) is 2. The maximum absolute atomic E-state index is 11.7. The second-order valence-electron chi connectivity index (χ2n) is 9.44. The maximum atomic E-state index is 11.7. The Morgan fingerprint density at radius 3 is 1.98 bits per heavy atom. The molecule has 2 aliphatic heterocycles. The summed E-state index contributed by atoms with van der Waals surface area (Å²) in [5.74, 6) is -1.38. The first-order valence-corrected chi connectivity index (χ1v) is 12.3. The van der Waals surface area contributed by atoms with Gasteiger partial charge in [-0.2, -0.15) is 0 Å². The zero-order chi connectivity index (χ0) is 30.3. The molecule has 2 rings (SSSR count). The van der Waals surface area contributed by atoms with Crippen LogP contribution in [0.2, 0.25) is 0 Å². The number of carbonyl (C=O) groups excluding carboxylic acids is 3. The van der Waals surface area contributed by atoms with Crippen LogP contribution in [-0.2, 0) is 33.3 Å². The third kappa shape index (κ3) is 8.10. The predicted molar refractivity (Wildman–Crippen MR) is 126 cm³/mol. The van der Waals surface area contributed by atoms with Gasteiger partial charge in [-0.25, -0.2) is 0 Å². The fraction of sp³-hybridized carbons (Fsp3) is 0.864. The van der Waals surface area contributed by atoms with E-state index in [0.29, 0.717) is 0 Å². The minimum atomic E-state index is -2.03. The number of hydrogen-bond acceptors (Lipinski definition) is 16. The standard InChI is InChI=1S/C22H38N2O16/c1-7(29)23-9(3-25)14(32)19(10(31)4-26)39-22-18(36)17(35)20(12(6-28)38-22)40-21-13(24-8(2)30)16(34)15(33)11(5-27)37-21/h3,9-22,26-28,31-36H,4-6H2,1-2H3,(H,23,29)(H,24,30)/t9-,10+,11+,12+,13+,14+,15-,16+,17+,18+,19+,20-,21+,22-/m0/s1. The fourth-order valence-electron chi connectivity index (χ4n) is 4.37. The normalized spacial score (nSPS) is 37.6. The molecule has 0 bridgehead atoms. The minimum Gasteiger partial charge on any atom is -0.394 e. The van der Waals surface area contributed by atoms with E-state index in [2.05, 4.69) is 10.6 Å². The summed E-state index contributed by atoms with van der Waals surface area (Å²) in [7, 11) is 0. The molecular weight excluding hydrogens is 548 g/mol. The Morgan fingerprint density at radius 1 is 0.875 bits per heavy atom. The Hall–Kier alpha value is -1.91. The number of rotatable bonds is 13. The van der Waals surface area contributed by atoms with Crippen LogP contribution >= 0.6 is 0 Å². The van der Waals surface area contributed by atoms with Crippen LogP contribution < -0.4 is 10.6 Å². The summed E-state index contributed by atoms with van der Waals surface area (Å²) in [5, 5.41) is 96.1. The number of ether oxygens (including phenoxy) is 4. The summed E-state index contributed by atoms with van der Waals surface area (Å²) >= 11 is 0. The quantitative estimate of drug-likeness (QED) is 0.0893. The van der Waals surface area contributed by atoms with Gasteiger partial charge in [0, 0.05) is 13.8 Å². The number of aldehydes is 1. The number of amides is 2. The Morgan fingerprint density at radius 2 is 1.48 bits per heavy atom. The van der Waals surface area contributed by atoms with Gasteiger partial charge >= 0.3 is 0 Å². The highest BCUT2D eigenvalue weighted by Gasteiger charge is 2.52. The Kier molecular flexibility index (Phi) is 13.2. The van der Waals surface area contributed by atoms with E-state index in [4.69, 9.17) is 18.9 Å². The lowest BCUT2D eigenvalue weighted by atomic mass is 9.95. The molecule has 0 radical (unpaired) electrons. The zero-order valence-corrected chi connectivity index (χ0v) is 21.7. The van der Waals surface area contributed by atoms with Crippen molar-refractivity contribution in [1.82, 2.24) is 10.6 Å². The first-order chi connectivity index (χ1) is 18.8. The van der Waals surface area contributed by atoms with Crippen molar-refractivity contribution in [3.63, 3.8) is 0 Å². The number of carbonyl (C=O) groups is 3. The van der Waals surface area contributed by atoms with Gasteiger partial charge < -0.3 is 80.3 Å². The van der Waals surface area contributed by atoms with Crippen molar-refractivity contribution >= 4 is 18.1 Å². The first-order valence-electron chi connectivity index (χ1n) is 12.3. The highest BCUT2D eigenvalue weighted by Crippen LogP contribution is 2.30. The molecule has 0 aliphatic carbocycles. The van der Waals surface area contributed by atoms with Gasteiger partial charge in [0.1, 0.15) is 79.4 Å². The van der Waals surface area contributed by atoms with E-state index < -0.39 is 117 Å². The molecular formula is C22H38N2O16. The van der Waals surface area contributed by atoms with E-state index in [-0.39, 0.29) is 6.29 Å². The van der Waals surface area contributed by atoms with Crippen molar-refractivity contribution in [3.8, 4) is 0 Å². The second-order valence-corrected chi connectivity index (χ2v) is 9.44. The summed E-state index contributed by atoms with van der Waals surface area (Å²) < 4.78 is 21.9. The van der Waals surface area contributed by atoms with Gasteiger partial charge in [0.05, 0.1) is 19.8 Å². The summed E-state index contributed by atoms with van der Waals surface area (Å²) in [6.07, 6.45) is -21.0. The first kappa shape index (κ1) is 34.3. The van der Waals surface area contributed by atoms with Gasteiger partial charge in [-0.1, -0.05) is 0 Å². The molecule has 18 nitrogen and oxygen atoms in total. The molecule has 40 heavy (non-hydrogen) atoms. The van der Waals surface area contributed by atoms with E-state index in [9.17, 15) is 60.3 Å². The van der Waals surface area contributed by atoms with Crippen LogP contribution in [0, 0.1) is 0 Å². The third-order valence-corrected chi connectivity index (χ3v) is 6.44. The van der Waals surface area contributed by atoms with Gasteiger partial charge in [-0.05, 0) is 0 Å². The zero-order valence-electron chi connectivity index (χ0n) is 21.7.